The molecule has 2 N–H and O–H groups in total. The van der Waals surface area contributed by atoms with Gasteiger partial charge in [0, 0.05) is 0 Å². The second kappa shape index (κ2) is 4.31. The van der Waals surface area contributed by atoms with E-state index in [1.54, 1.807) is 12.1 Å². The Morgan fingerprint density at radius 3 is 3.07 bits per heavy atom. The molecule has 0 saturated heterocycles. The van der Waals surface area contributed by atoms with Gasteiger partial charge < -0.3 is 5.73 Å². The summed E-state index contributed by atoms with van der Waals surface area (Å²) in [6.45, 7) is 2.84. The maximum Gasteiger partial charge on any atom is 0.123 e. The van der Waals surface area contributed by atoms with Gasteiger partial charge in [0.05, 0.1) is 0 Å². The number of rotatable bonds is 2. The zero-order chi connectivity index (χ0) is 10.8. The topological polar surface area (TPSA) is 26.0 Å². The summed E-state index contributed by atoms with van der Waals surface area (Å²) in [5.41, 5.74) is 8.21. The van der Waals surface area contributed by atoms with Crippen LogP contribution in [0.1, 0.15) is 36.8 Å². The summed E-state index contributed by atoms with van der Waals surface area (Å²) in [5.74, 6) is 0.783. The Labute approximate surface area is 90.5 Å². The summed E-state index contributed by atoms with van der Waals surface area (Å²) in [6.07, 6.45) is 3.44. The second-order valence-electron chi connectivity index (χ2n) is 4.55. The molecule has 0 amide bonds. The van der Waals surface area contributed by atoms with Gasteiger partial charge in [-0.3, -0.25) is 0 Å². The Kier molecular flexibility index (Phi) is 3.06. The third-order valence-corrected chi connectivity index (χ3v) is 3.53. The lowest BCUT2D eigenvalue weighted by atomic mass is 9.76. The Morgan fingerprint density at radius 1 is 1.53 bits per heavy atom. The van der Waals surface area contributed by atoms with E-state index in [9.17, 15) is 4.39 Å². The Balaban J connectivity index is 2.36. The van der Waals surface area contributed by atoms with Crippen molar-refractivity contribution < 1.29 is 4.39 Å². The fourth-order valence-corrected chi connectivity index (χ4v) is 2.56. The summed E-state index contributed by atoms with van der Waals surface area (Å²) < 4.78 is 13.2. The van der Waals surface area contributed by atoms with Crippen LogP contribution in [0.25, 0.3) is 0 Å². The lowest BCUT2D eigenvalue weighted by Gasteiger charge is -2.29. The van der Waals surface area contributed by atoms with Crippen LogP contribution in [0, 0.1) is 11.7 Å². The van der Waals surface area contributed by atoms with E-state index in [1.165, 1.54) is 17.5 Å². The van der Waals surface area contributed by atoms with Gasteiger partial charge in [-0.15, -0.1) is 0 Å². The van der Waals surface area contributed by atoms with Gasteiger partial charge in [0.25, 0.3) is 0 Å². The first-order valence-corrected chi connectivity index (χ1v) is 5.70. The van der Waals surface area contributed by atoms with Gasteiger partial charge in [0.15, 0.2) is 0 Å². The van der Waals surface area contributed by atoms with Crippen molar-refractivity contribution in [2.45, 2.75) is 32.1 Å². The molecule has 2 heteroatoms. The average molecular weight is 207 g/mol. The minimum absolute atomic E-state index is 0.120. The lowest BCUT2D eigenvalue weighted by molar-refractivity contribution is 0.411. The number of hydrogen-bond donors (Lipinski definition) is 1. The predicted molar refractivity (Wildman–Crippen MR) is 60.3 cm³/mol. The van der Waals surface area contributed by atoms with E-state index in [-0.39, 0.29) is 5.82 Å². The van der Waals surface area contributed by atoms with Crippen LogP contribution in [0.4, 0.5) is 4.39 Å². The smallest absolute Gasteiger partial charge is 0.123 e. The highest BCUT2D eigenvalue weighted by atomic mass is 19.1. The number of halogens is 1. The molecule has 2 atom stereocenters. The Morgan fingerprint density at radius 2 is 2.33 bits per heavy atom. The van der Waals surface area contributed by atoms with E-state index >= 15 is 0 Å². The molecule has 0 bridgehead atoms. The standard InChI is InChI=1S/C13H18FN/c1-9(8-15)12-4-2-3-10-5-6-11(14)7-13(10)12/h5-7,9,12H,2-4,8,15H2,1H3. The van der Waals surface area contributed by atoms with Gasteiger partial charge in [-0.25, -0.2) is 4.39 Å². The third kappa shape index (κ3) is 2.05. The average Bonchev–Trinajstić information content (AvgIpc) is 2.27. The maximum absolute atomic E-state index is 13.2. The van der Waals surface area contributed by atoms with Crippen molar-refractivity contribution in [2.75, 3.05) is 6.54 Å². The van der Waals surface area contributed by atoms with Crippen molar-refractivity contribution in [2.24, 2.45) is 11.7 Å². The van der Waals surface area contributed by atoms with Crippen LogP contribution >= 0.6 is 0 Å². The largest absolute Gasteiger partial charge is 0.330 e. The summed E-state index contributed by atoms with van der Waals surface area (Å²) in [4.78, 5) is 0. The maximum atomic E-state index is 13.2. The molecule has 0 radical (unpaired) electrons. The SMILES string of the molecule is CC(CN)C1CCCc2ccc(F)cc21. The zero-order valence-electron chi connectivity index (χ0n) is 9.17. The first kappa shape index (κ1) is 10.6. The fourth-order valence-electron chi connectivity index (χ4n) is 2.56. The molecular formula is C13H18FN. The highest BCUT2D eigenvalue weighted by Gasteiger charge is 2.24. The summed E-state index contributed by atoms with van der Waals surface area (Å²) in [6, 6.07) is 5.19. The molecule has 0 fully saturated rings. The van der Waals surface area contributed by atoms with Crippen molar-refractivity contribution >= 4 is 0 Å². The van der Waals surface area contributed by atoms with Gasteiger partial charge >= 0.3 is 0 Å². The molecule has 2 rings (SSSR count). The molecule has 0 aromatic heterocycles. The summed E-state index contributed by atoms with van der Waals surface area (Å²) in [7, 11) is 0. The van der Waals surface area contributed by atoms with E-state index in [1.807, 2.05) is 6.07 Å². The molecule has 1 nitrogen and oxygen atoms in total. The summed E-state index contributed by atoms with van der Waals surface area (Å²) in [5, 5.41) is 0. The van der Waals surface area contributed by atoms with Crippen molar-refractivity contribution in [1.82, 2.24) is 0 Å². The van der Waals surface area contributed by atoms with Crippen molar-refractivity contribution in [3.05, 3.63) is 35.1 Å². The normalized spacial score (nSPS) is 22.2. The Bertz CT molecular complexity index is 348. The molecule has 1 aliphatic carbocycles. The van der Waals surface area contributed by atoms with Crippen LogP contribution < -0.4 is 5.73 Å². The number of fused-ring (bicyclic) bond motifs is 1. The molecule has 1 aliphatic rings. The van der Waals surface area contributed by atoms with Gasteiger partial charge in [0.1, 0.15) is 5.82 Å². The highest BCUT2D eigenvalue weighted by Crippen LogP contribution is 2.36. The molecule has 0 saturated carbocycles. The zero-order valence-corrected chi connectivity index (χ0v) is 9.17. The van der Waals surface area contributed by atoms with Crippen LogP contribution in [0.5, 0.6) is 0 Å². The molecule has 82 valence electrons. The Hall–Kier alpha value is -0.890. The van der Waals surface area contributed by atoms with Crippen molar-refractivity contribution in [3.63, 3.8) is 0 Å². The molecule has 15 heavy (non-hydrogen) atoms. The monoisotopic (exact) mass is 207 g/mol. The van der Waals surface area contributed by atoms with Crippen molar-refractivity contribution in [1.29, 1.82) is 0 Å². The van der Waals surface area contributed by atoms with Gasteiger partial charge in [-0.1, -0.05) is 13.0 Å². The quantitative estimate of drug-likeness (QED) is 0.793. The number of aryl methyl sites for hydroxylation is 1. The van der Waals surface area contributed by atoms with Crippen LogP contribution in [0.15, 0.2) is 18.2 Å². The predicted octanol–water partition coefficient (Wildman–Crippen LogP) is 2.84. The third-order valence-electron chi connectivity index (χ3n) is 3.53. The molecule has 0 spiro atoms. The molecule has 0 aliphatic heterocycles. The molecule has 1 aromatic carbocycles. The van der Waals surface area contributed by atoms with Crippen LogP contribution in [0.2, 0.25) is 0 Å². The molecule has 0 heterocycles. The van der Waals surface area contributed by atoms with E-state index in [0.29, 0.717) is 18.4 Å². The first-order chi connectivity index (χ1) is 7.22. The van der Waals surface area contributed by atoms with Crippen LogP contribution in [-0.2, 0) is 6.42 Å². The van der Waals surface area contributed by atoms with E-state index < -0.39 is 0 Å². The summed E-state index contributed by atoms with van der Waals surface area (Å²) >= 11 is 0. The van der Waals surface area contributed by atoms with E-state index in [4.69, 9.17) is 5.73 Å². The number of nitrogens with two attached hydrogens (primary N) is 1. The minimum atomic E-state index is -0.120. The van der Waals surface area contributed by atoms with Crippen molar-refractivity contribution in [3.8, 4) is 0 Å². The number of benzene rings is 1. The minimum Gasteiger partial charge on any atom is -0.330 e. The molecular weight excluding hydrogens is 189 g/mol. The van der Waals surface area contributed by atoms with Crippen LogP contribution in [0.3, 0.4) is 0 Å². The van der Waals surface area contributed by atoms with Crippen LogP contribution in [-0.4, -0.2) is 6.54 Å². The van der Waals surface area contributed by atoms with E-state index in [2.05, 4.69) is 6.92 Å². The lowest BCUT2D eigenvalue weighted by Crippen LogP contribution is -2.23. The molecule has 1 aromatic rings. The van der Waals surface area contributed by atoms with Gasteiger partial charge in [0.2, 0.25) is 0 Å². The second-order valence-corrected chi connectivity index (χ2v) is 4.55. The number of hydrogen-bond acceptors (Lipinski definition) is 1. The van der Waals surface area contributed by atoms with E-state index in [0.717, 1.165) is 12.8 Å². The first-order valence-electron chi connectivity index (χ1n) is 5.70. The fraction of sp³-hybridized carbons (Fsp3) is 0.538. The highest BCUT2D eigenvalue weighted by molar-refractivity contribution is 5.33. The van der Waals surface area contributed by atoms with Gasteiger partial charge in [-0.05, 0) is 60.9 Å². The van der Waals surface area contributed by atoms with Gasteiger partial charge in [-0.2, -0.15) is 0 Å². The molecule has 2 unspecified atom stereocenters.